The van der Waals surface area contributed by atoms with E-state index < -0.39 is 0 Å². The van der Waals surface area contributed by atoms with Gasteiger partial charge >= 0.3 is 0 Å². The summed E-state index contributed by atoms with van der Waals surface area (Å²) in [6.07, 6.45) is 8.27. The van der Waals surface area contributed by atoms with Crippen molar-refractivity contribution in [2.75, 3.05) is 13.1 Å². The zero-order chi connectivity index (χ0) is 16.2. The summed E-state index contributed by atoms with van der Waals surface area (Å²) in [5.74, 6) is 0.837. The fraction of sp³-hybridized carbons (Fsp3) is 0.750. The van der Waals surface area contributed by atoms with Crippen LogP contribution in [0.15, 0.2) is 18.3 Å². The largest absolute Gasteiger partial charge is 0.316 e. The van der Waals surface area contributed by atoms with Gasteiger partial charge in [-0.15, -0.1) is 0 Å². The first kappa shape index (κ1) is 17.5. The molecule has 0 aromatic carbocycles. The molecule has 2 nitrogen and oxygen atoms in total. The topological polar surface area (TPSA) is 24.9 Å². The lowest BCUT2D eigenvalue weighted by molar-refractivity contribution is 0.229. The molecule has 1 aromatic rings. The van der Waals surface area contributed by atoms with Crippen molar-refractivity contribution in [1.29, 1.82) is 0 Å². The van der Waals surface area contributed by atoms with E-state index in [4.69, 9.17) is 4.98 Å². The van der Waals surface area contributed by atoms with Crippen molar-refractivity contribution in [2.24, 2.45) is 16.7 Å². The summed E-state index contributed by atoms with van der Waals surface area (Å²) in [7, 11) is 0. The molecule has 1 aliphatic rings. The molecular formula is C20H34N2. The van der Waals surface area contributed by atoms with Crippen LogP contribution in [0.1, 0.15) is 65.1 Å². The first-order chi connectivity index (χ1) is 10.2. The SMILES string of the molecule is CC(C)(C)Cc1ccc(CC(C)(C)CC2CCCNC2)nc1. The lowest BCUT2D eigenvalue weighted by atomic mass is 9.77. The molecule has 0 saturated carbocycles. The molecule has 1 saturated heterocycles. The number of rotatable bonds is 5. The van der Waals surface area contributed by atoms with Crippen LogP contribution in [0.3, 0.4) is 0 Å². The second-order valence-electron chi connectivity index (χ2n) is 9.15. The van der Waals surface area contributed by atoms with Gasteiger partial charge < -0.3 is 5.32 Å². The lowest BCUT2D eigenvalue weighted by Crippen LogP contribution is -2.33. The number of piperidine rings is 1. The van der Waals surface area contributed by atoms with Crippen molar-refractivity contribution in [3.05, 3.63) is 29.6 Å². The zero-order valence-corrected chi connectivity index (χ0v) is 15.2. The van der Waals surface area contributed by atoms with Gasteiger partial charge in [-0.3, -0.25) is 4.98 Å². The summed E-state index contributed by atoms with van der Waals surface area (Å²) in [5.41, 5.74) is 3.26. The van der Waals surface area contributed by atoms with Gasteiger partial charge in [0.2, 0.25) is 0 Å². The van der Waals surface area contributed by atoms with Gasteiger partial charge in [-0.05, 0) is 73.6 Å². The Labute approximate surface area is 137 Å². The van der Waals surface area contributed by atoms with Crippen LogP contribution in [-0.4, -0.2) is 18.1 Å². The highest BCUT2D eigenvalue weighted by Gasteiger charge is 2.25. The van der Waals surface area contributed by atoms with Crippen molar-refractivity contribution in [1.82, 2.24) is 10.3 Å². The molecule has 1 N–H and O–H groups in total. The maximum atomic E-state index is 4.73. The highest BCUT2D eigenvalue weighted by atomic mass is 14.9. The van der Waals surface area contributed by atoms with Crippen molar-refractivity contribution >= 4 is 0 Å². The smallest absolute Gasteiger partial charge is 0.0409 e. The maximum absolute atomic E-state index is 4.73. The molecule has 22 heavy (non-hydrogen) atoms. The zero-order valence-electron chi connectivity index (χ0n) is 15.2. The Bertz CT molecular complexity index is 448. The first-order valence-corrected chi connectivity index (χ1v) is 8.88. The Morgan fingerprint density at radius 3 is 2.45 bits per heavy atom. The summed E-state index contributed by atoms with van der Waals surface area (Å²) in [5, 5.41) is 3.53. The maximum Gasteiger partial charge on any atom is 0.0409 e. The normalized spacial score (nSPS) is 20.1. The van der Waals surface area contributed by atoms with Crippen LogP contribution in [-0.2, 0) is 12.8 Å². The van der Waals surface area contributed by atoms with Gasteiger partial charge in [-0.1, -0.05) is 40.7 Å². The van der Waals surface area contributed by atoms with Crippen LogP contribution in [0.5, 0.6) is 0 Å². The standard InChI is InChI=1S/C20H34N2/c1-19(2,3)11-17-8-9-18(22-15-17)13-20(4,5)12-16-7-6-10-21-14-16/h8-9,15-16,21H,6-7,10-14H2,1-5H3. The van der Waals surface area contributed by atoms with E-state index in [2.05, 4.69) is 58.3 Å². The van der Waals surface area contributed by atoms with E-state index in [-0.39, 0.29) is 0 Å². The predicted octanol–water partition coefficient (Wildman–Crippen LogP) is 4.63. The average Bonchev–Trinajstić information content (AvgIpc) is 2.39. The number of aromatic nitrogens is 1. The van der Waals surface area contributed by atoms with Crippen LogP contribution in [0.4, 0.5) is 0 Å². The summed E-state index contributed by atoms with van der Waals surface area (Å²) in [4.78, 5) is 4.73. The molecule has 0 radical (unpaired) electrons. The predicted molar refractivity (Wildman–Crippen MR) is 95.1 cm³/mol. The van der Waals surface area contributed by atoms with Crippen molar-refractivity contribution in [2.45, 2.75) is 66.7 Å². The minimum atomic E-state index is 0.330. The molecule has 0 bridgehead atoms. The fourth-order valence-electron chi connectivity index (χ4n) is 3.72. The molecule has 0 amide bonds. The first-order valence-electron chi connectivity index (χ1n) is 8.88. The van der Waals surface area contributed by atoms with E-state index in [1.54, 1.807) is 0 Å². The monoisotopic (exact) mass is 302 g/mol. The Balaban J connectivity index is 1.91. The second kappa shape index (κ2) is 7.12. The average molecular weight is 303 g/mol. The molecule has 0 spiro atoms. The number of pyridine rings is 1. The molecular weight excluding hydrogens is 268 g/mol. The Morgan fingerprint density at radius 1 is 1.14 bits per heavy atom. The third-order valence-electron chi connectivity index (χ3n) is 4.52. The minimum absolute atomic E-state index is 0.330. The highest BCUT2D eigenvalue weighted by molar-refractivity contribution is 5.16. The third-order valence-corrected chi connectivity index (χ3v) is 4.52. The highest BCUT2D eigenvalue weighted by Crippen LogP contribution is 2.32. The molecule has 1 aliphatic heterocycles. The van der Waals surface area contributed by atoms with Crippen LogP contribution in [0, 0.1) is 16.7 Å². The van der Waals surface area contributed by atoms with Gasteiger partial charge in [0.15, 0.2) is 0 Å². The summed E-state index contributed by atoms with van der Waals surface area (Å²) in [6.45, 7) is 14.0. The Kier molecular flexibility index (Phi) is 5.65. The van der Waals surface area contributed by atoms with E-state index in [1.165, 1.54) is 43.6 Å². The van der Waals surface area contributed by atoms with E-state index in [1.807, 2.05) is 0 Å². The molecule has 2 heterocycles. The Hall–Kier alpha value is -0.890. The molecule has 1 atom stereocenters. The molecule has 2 heteroatoms. The van der Waals surface area contributed by atoms with Gasteiger partial charge in [0.25, 0.3) is 0 Å². The van der Waals surface area contributed by atoms with E-state index in [0.29, 0.717) is 10.8 Å². The fourth-order valence-corrected chi connectivity index (χ4v) is 3.72. The molecule has 0 aliphatic carbocycles. The van der Waals surface area contributed by atoms with Gasteiger partial charge in [-0.25, -0.2) is 0 Å². The van der Waals surface area contributed by atoms with Crippen molar-refractivity contribution in [3.63, 3.8) is 0 Å². The minimum Gasteiger partial charge on any atom is -0.316 e. The number of nitrogens with one attached hydrogen (secondary N) is 1. The van der Waals surface area contributed by atoms with Crippen molar-refractivity contribution < 1.29 is 0 Å². The number of hydrogen-bond acceptors (Lipinski definition) is 2. The van der Waals surface area contributed by atoms with Crippen LogP contribution in [0.25, 0.3) is 0 Å². The Morgan fingerprint density at radius 2 is 1.91 bits per heavy atom. The van der Waals surface area contributed by atoms with Crippen molar-refractivity contribution in [3.8, 4) is 0 Å². The third kappa shape index (κ3) is 6.08. The molecule has 2 rings (SSSR count). The van der Waals surface area contributed by atoms with E-state index >= 15 is 0 Å². The molecule has 124 valence electrons. The van der Waals surface area contributed by atoms with Crippen LogP contribution in [0.2, 0.25) is 0 Å². The molecule has 1 fully saturated rings. The van der Waals surface area contributed by atoms with Gasteiger partial charge in [0.1, 0.15) is 0 Å². The van der Waals surface area contributed by atoms with Crippen LogP contribution >= 0.6 is 0 Å². The van der Waals surface area contributed by atoms with E-state index in [0.717, 1.165) is 18.8 Å². The molecule has 1 unspecified atom stereocenters. The second-order valence-corrected chi connectivity index (χ2v) is 9.15. The van der Waals surface area contributed by atoms with Gasteiger partial charge in [-0.2, -0.15) is 0 Å². The van der Waals surface area contributed by atoms with Gasteiger partial charge in [0, 0.05) is 11.9 Å². The molecule has 1 aromatic heterocycles. The lowest BCUT2D eigenvalue weighted by Gasteiger charge is -2.32. The quantitative estimate of drug-likeness (QED) is 0.858. The number of hydrogen-bond donors (Lipinski definition) is 1. The summed E-state index contributed by atoms with van der Waals surface area (Å²) in [6, 6.07) is 4.51. The summed E-state index contributed by atoms with van der Waals surface area (Å²) >= 11 is 0. The number of nitrogens with zero attached hydrogens (tertiary/aromatic N) is 1. The van der Waals surface area contributed by atoms with E-state index in [9.17, 15) is 0 Å². The van der Waals surface area contributed by atoms with Crippen LogP contribution < -0.4 is 5.32 Å². The van der Waals surface area contributed by atoms with Gasteiger partial charge in [0.05, 0.1) is 0 Å². The summed E-state index contributed by atoms with van der Waals surface area (Å²) < 4.78 is 0.